The Morgan fingerprint density at radius 3 is 2.62 bits per heavy atom. The molecular weight excluding hydrogens is 282 g/mol. The average molecular weight is 305 g/mol. The molecule has 1 spiro atoms. The number of likely N-dealkylation sites (N-methyl/N-ethyl adjacent to an activating group) is 1. The molecule has 1 saturated heterocycles. The number of amides is 1. The quantitative estimate of drug-likeness (QED) is 0.926. The summed E-state index contributed by atoms with van der Waals surface area (Å²) in [5, 5.41) is 7.89. The van der Waals surface area contributed by atoms with Crippen LogP contribution in [-0.4, -0.2) is 47.4 Å². The molecule has 1 amide bonds. The van der Waals surface area contributed by atoms with Crippen molar-refractivity contribution in [2.75, 3.05) is 20.6 Å². The van der Waals surface area contributed by atoms with E-state index in [1.807, 2.05) is 0 Å². The van der Waals surface area contributed by atoms with Crippen LogP contribution in [0.5, 0.6) is 0 Å². The fourth-order valence-corrected chi connectivity index (χ4v) is 4.46. The van der Waals surface area contributed by atoms with Gasteiger partial charge in [0, 0.05) is 12.1 Å². The molecular formula is C16H23N3OS. The van der Waals surface area contributed by atoms with E-state index in [0.717, 1.165) is 19.4 Å². The maximum atomic E-state index is 12.9. The SMILES string of the molecule is CN(C)C1(CN2C(=O)C3(CC3)NC2c2ccsc2)CCC1. The summed E-state index contributed by atoms with van der Waals surface area (Å²) in [5.41, 5.74) is 1.20. The highest BCUT2D eigenvalue weighted by atomic mass is 32.1. The predicted octanol–water partition coefficient (Wildman–Crippen LogP) is 2.20. The van der Waals surface area contributed by atoms with Crippen molar-refractivity contribution < 1.29 is 4.79 Å². The van der Waals surface area contributed by atoms with Gasteiger partial charge in [0.25, 0.3) is 0 Å². The van der Waals surface area contributed by atoms with Crippen LogP contribution in [0.15, 0.2) is 16.8 Å². The summed E-state index contributed by atoms with van der Waals surface area (Å²) in [6.45, 7) is 0.855. The lowest BCUT2D eigenvalue weighted by molar-refractivity contribution is -0.133. The summed E-state index contributed by atoms with van der Waals surface area (Å²) in [6, 6.07) is 2.15. The average Bonchev–Trinajstić information content (AvgIpc) is 2.89. The third kappa shape index (κ3) is 1.98. The highest BCUT2D eigenvalue weighted by Crippen LogP contribution is 2.48. The van der Waals surface area contributed by atoms with E-state index in [4.69, 9.17) is 0 Å². The van der Waals surface area contributed by atoms with Crippen LogP contribution in [0.4, 0.5) is 0 Å². The van der Waals surface area contributed by atoms with Gasteiger partial charge in [0.1, 0.15) is 11.7 Å². The lowest BCUT2D eigenvalue weighted by atomic mass is 9.75. The van der Waals surface area contributed by atoms with Gasteiger partial charge in [0.05, 0.1) is 0 Å². The Kier molecular flexibility index (Phi) is 2.97. The zero-order chi connectivity index (χ0) is 14.7. The van der Waals surface area contributed by atoms with Gasteiger partial charge in [0.15, 0.2) is 0 Å². The van der Waals surface area contributed by atoms with Gasteiger partial charge in [-0.15, -0.1) is 0 Å². The van der Waals surface area contributed by atoms with Crippen LogP contribution < -0.4 is 5.32 Å². The van der Waals surface area contributed by atoms with E-state index in [1.54, 1.807) is 11.3 Å². The molecule has 21 heavy (non-hydrogen) atoms. The second-order valence-corrected chi connectivity index (χ2v) is 7.87. The van der Waals surface area contributed by atoms with Gasteiger partial charge in [-0.05, 0) is 68.6 Å². The molecule has 0 radical (unpaired) electrons. The number of thiophene rings is 1. The second-order valence-electron chi connectivity index (χ2n) is 7.09. The summed E-state index contributed by atoms with van der Waals surface area (Å²) >= 11 is 1.71. The molecule has 1 unspecified atom stereocenters. The van der Waals surface area contributed by atoms with E-state index >= 15 is 0 Å². The van der Waals surface area contributed by atoms with E-state index < -0.39 is 0 Å². The number of carbonyl (C=O) groups excluding carboxylic acids is 1. The summed E-state index contributed by atoms with van der Waals surface area (Å²) in [5.74, 6) is 0.326. The minimum atomic E-state index is -0.232. The number of nitrogens with zero attached hydrogens (tertiary/aromatic N) is 2. The number of carbonyl (C=O) groups is 1. The zero-order valence-corrected chi connectivity index (χ0v) is 13.6. The molecule has 2 aliphatic carbocycles. The minimum Gasteiger partial charge on any atom is -0.319 e. The molecule has 3 aliphatic rings. The Hall–Kier alpha value is -0.910. The lowest BCUT2D eigenvalue weighted by Crippen LogP contribution is -2.58. The minimum absolute atomic E-state index is 0.0728. The molecule has 0 bridgehead atoms. The molecule has 1 N–H and O–H groups in total. The monoisotopic (exact) mass is 305 g/mol. The molecule has 1 aliphatic heterocycles. The topological polar surface area (TPSA) is 35.6 Å². The summed E-state index contributed by atoms with van der Waals surface area (Å²) in [7, 11) is 4.30. The van der Waals surface area contributed by atoms with Gasteiger partial charge in [-0.1, -0.05) is 0 Å². The second kappa shape index (κ2) is 4.54. The van der Waals surface area contributed by atoms with Crippen molar-refractivity contribution in [2.24, 2.45) is 0 Å². The van der Waals surface area contributed by atoms with Crippen molar-refractivity contribution in [3.63, 3.8) is 0 Å². The highest BCUT2D eigenvalue weighted by molar-refractivity contribution is 7.08. The van der Waals surface area contributed by atoms with E-state index in [9.17, 15) is 4.79 Å². The molecule has 114 valence electrons. The maximum Gasteiger partial charge on any atom is 0.244 e. The first-order valence-electron chi connectivity index (χ1n) is 7.85. The third-order valence-corrected chi connectivity index (χ3v) is 6.40. The Bertz CT molecular complexity index is 546. The predicted molar refractivity (Wildman–Crippen MR) is 84.1 cm³/mol. The van der Waals surface area contributed by atoms with Crippen molar-refractivity contribution >= 4 is 17.2 Å². The van der Waals surface area contributed by atoms with Crippen LogP contribution in [0, 0.1) is 0 Å². The van der Waals surface area contributed by atoms with Crippen molar-refractivity contribution in [3.8, 4) is 0 Å². The summed E-state index contributed by atoms with van der Waals surface area (Å²) in [4.78, 5) is 17.3. The van der Waals surface area contributed by atoms with Crippen LogP contribution in [0.3, 0.4) is 0 Å². The molecule has 4 rings (SSSR count). The first kappa shape index (κ1) is 13.7. The van der Waals surface area contributed by atoms with E-state index in [0.29, 0.717) is 5.91 Å². The highest BCUT2D eigenvalue weighted by Gasteiger charge is 2.60. The zero-order valence-electron chi connectivity index (χ0n) is 12.8. The van der Waals surface area contributed by atoms with Crippen LogP contribution in [0.25, 0.3) is 0 Å². The summed E-state index contributed by atoms with van der Waals surface area (Å²) < 4.78 is 0. The molecule has 5 heteroatoms. The Morgan fingerprint density at radius 2 is 2.14 bits per heavy atom. The van der Waals surface area contributed by atoms with E-state index in [1.165, 1.54) is 24.8 Å². The molecule has 2 saturated carbocycles. The normalized spacial score (nSPS) is 29.2. The van der Waals surface area contributed by atoms with Gasteiger partial charge < -0.3 is 9.80 Å². The van der Waals surface area contributed by atoms with Gasteiger partial charge >= 0.3 is 0 Å². The van der Waals surface area contributed by atoms with Crippen molar-refractivity contribution in [1.82, 2.24) is 15.1 Å². The number of rotatable bonds is 4. The molecule has 1 aromatic heterocycles. The third-order valence-electron chi connectivity index (χ3n) is 5.70. The molecule has 4 nitrogen and oxygen atoms in total. The Labute approximate surface area is 130 Å². The first-order chi connectivity index (χ1) is 10.1. The van der Waals surface area contributed by atoms with Gasteiger partial charge in [-0.2, -0.15) is 11.3 Å². The largest absolute Gasteiger partial charge is 0.319 e. The smallest absolute Gasteiger partial charge is 0.244 e. The van der Waals surface area contributed by atoms with E-state index in [2.05, 4.69) is 46.0 Å². The van der Waals surface area contributed by atoms with Gasteiger partial charge in [-0.3, -0.25) is 10.1 Å². The van der Waals surface area contributed by atoms with Crippen molar-refractivity contribution in [1.29, 1.82) is 0 Å². The number of nitrogens with one attached hydrogen (secondary N) is 1. The van der Waals surface area contributed by atoms with Crippen LogP contribution >= 0.6 is 11.3 Å². The fraction of sp³-hybridized carbons (Fsp3) is 0.688. The van der Waals surface area contributed by atoms with E-state index in [-0.39, 0.29) is 17.2 Å². The molecule has 3 fully saturated rings. The number of hydrogen-bond donors (Lipinski definition) is 1. The standard InChI is InChI=1S/C16H23N3OS/c1-18(2)15(5-3-6-15)11-19-13(12-4-9-21-10-12)17-16(7-8-16)14(19)20/h4,9-10,13,17H,3,5-8,11H2,1-2H3. The van der Waals surface area contributed by atoms with Crippen LogP contribution in [-0.2, 0) is 4.79 Å². The van der Waals surface area contributed by atoms with Crippen molar-refractivity contribution in [3.05, 3.63) is 22.4 Å². The van der Waals surface area contributed by atoms with Gasteiger partial charge in [-0.25, -0.2) is 0 Å². The number of hydrogen-bond acceptors (Lipinski definition) is 4. The molecule has 1 aromatic rings. The van der Waals surface area contributed by atoms with Crippen LogP contribution in [0.1, 0.15) is 43.8 Å². The maximum absolute atomic E-state index is 12.9. The van der Waals surface area contributed by atoms with Crippen LogP contribution in [0.2, 0.25) is 0 Å². The first-order valence-corrected chi connectivity index (χ1v) is 8.79. The molecule has 0 aromatic carbocycles. The summed E-state index contributed by atoms with van der Waals surface area (Å²) in [6.07, 6.45) is 5.75. The van der Waals surface area contributed by atoms with Crippen molar-refractivity contribution in [2.45, 2.75) is 49.3 Å². The molecule has 1 atom stereocenters. The van der Waals surface area contributed by atoms with Gasteiger partial charge in [0.2, 0.25) is 5.91 Å². The Balaban J connectivity index is 1.63. The molecule has 2 heterocycles. The Morgan fingerprint density at radius 1 is 1.38 bits per heavy atom. The fourth-order valence-electron chi connectivity index (χ4n) is 3.78. The lowest BCUT2D eigenvalue weighted by Gasteiger charge is -2.49.